The second-order valence-corrected chi connectivity index (χ2v) is 6.28. The number of likely N-dealkylation sites (tertiary alicyclic amines) is 1. The van der Waals surface area contributed by atoms with Crippen LogP contribution in [0.5, 0.6) is 0 Å². The van der Waals surface area contributed by atoms with Gasteiger partial charge in [-0.25, -0.2) is 0 Å². The average Bonchev–Trinajstić information content (AvgIpc) is 2.63. The summed E-state index contributed by atoms with van der Waals surface area (Å²) in [5.41, 5.74) is 0.630. The van der Waals surface area contributed by atoms with E-state index in [-0.39, 0.29) is 22.3 Å². The lowest BCUT2D eigenvalue weighted by molar-refractivity contribution is -0.112. The van der Waals surface area contributed by atoms with Gasteiger partial charge in [0.25, 0.3) is 0 Å². The van der Waals surface area contributed by atoms with Crippen LogP contribution in [0, 0.1) is 5.41 Å². The van der Waals surface area contributed by atoms with Crippen LogP contribution in [0.3, 0.4) is 0 Å². The van der Waals surface area contributed by atoms with Crippen molar-refractivity contribution in [1.82, 2.24) is 4.90 Å². The molecule has 3 atom stereocenters. The monoisotopic (exact) mass is 221 g/mol. The molecule has 2 rings (SSSR count). The molecule has 1 heterocycles. The maximum Gasteiger partial charge on any atom is 0.152 e. The van der Waals surface area contributed by atoms with Crippen molar-refractivity contribution >= 4 is 5.78 Å². The Morgan fingerprint density at radius 2 is 1.88 bits per heavy atom. The quantitative estimate of drug-likeness (QED) is 0.528. The summed E-state index contributed by atoms with van der Waals surface area (Å²) in [6.45, 7) is 8.62. The minimum Gasteiger partial charge on any atom is -0.295 e. The lowest BCUT2D eigenvalue weighted by Crippen LogP contribution is -2.41. The highest BCUT2D eigenvalue weighted by atomic mass is 16.1. The number of hydrogen-bond donors (Lipinski definition) is 0. The largest absolute Gasteiger partial charge is 0.295 e. The minimum absolute atomic E-state index is 0.101. The van der Waals surface area contributed by atoms with Crippen LogP contribution in [0.2, 0.25) is 0 Å². The number of nitrogens with zero attached hydrogens (tertiary/aromatic N) is 1. The molecular weight excluding hydrogens is 198 g/mol. The van der Waals surface area contributed by atoms with Crippen LogP contribution in [0.1, 0.15) is 47.0 Å². The second kappa shape index (κ2) is 3.19. The van der Waals surface area contributed by atoms with Gasteiger partial charge in [0.15, 0.2) is 5.78 Å². The van der Waals surface area contributed by atoms with Crippen molar-refractivity contribution in [3.05, 3.63) is 12.2 Å². The van der Waals surface area contributed by atoms with Crippen LogP contribution in [-0.4, -0.2) is 28.8 Å². The van der Waals surface area contributed by atoms with Gasteiger partial charge >= 0.3 is 0 Å². The summed E-state index contributed by atoms with van der Waals surface area (Å²) >= 11 is 0. The van der Waals surface area contributed by atoms with Crippen molar-refractivity contribution in [1.29, 1.82) is 0 Å². The normalized spacial score (nSPS) is 45.4. The van der Waals surface area contributed by atoms with E-state index < -0.39 is 0 Å². The van der Waals surface area contributed by atoms with Crippen molar-refractivity contribution in [2.45, 2.75) is 58.0 Å². The topological polar surface area (TPSA) is 20.1 Å². The highest BCUT2D eigenvalue weighted by Crippen LogP contribution is 2.67. The predicted molar refractivity (Wildman–Crippen MR) is 66.4 cm³/mol. The van der Waals surface area contributed by atoms with Crippen LogP contribution in [0.15, 0.2) is 12.2 Å². The number of carbonyl (C=O) groups is 1. The molecule has 1 saturated heterocycles. The lowest BCUT2D eigenvalue weighted by Gasteiger charge is -2.39. The standard InChI is InChI=1S/C14H23NO/c1-11(16)7-10-14-12(2,3)8-6-9-13(14,4)15(14)5/h7,10H,6,8-9H2,1-5H3/b10-7+. The third-order valence-corrected chi connectivity index (χ3v) is 5.10. The van der Waals surface area contributed by atoms with Crippen molar-refractivity contribution in [3.63, 3.8) is 0 Å². The molecule has 0 amide bonds. The summed E-state index contributed by atoms with van der Waals surface area (Å²) < 4.78 is 0. The van der Waals surface area contributed by atoms with E-state index in [0.29, 0.717) is 0 Å². The Balaban J connectivity index is 2.39. The number of fused-ring (bicyclic) bond motifs is 1. The first-order valence-electron chi connectivity index (χ1n) is 6.22. The van der Waals surface area contributed by atoms with Crippen LogP contribution < -0.4 is 0 Å². The number of hydrogen-bond acceptors (Lipinski definition) is 2. The zero-order valence-electron chi connectivity index (χ0n) is 11.1. The van der Waals surface area contributed by atoms with Crippen LogP contribution >= 0.6 is 0 Å². The van der Waals surface area contributed by atoms with E-state index in [1.165, 1.54) is 19.3 Å². The molecule has 0 aromatic rings. The molecule has 0 N–H and O–H groups in total. The Labute approximate surface area is 98.7 Å². The van der Waals surface area contributed by atoms with Gasteiger partial charge in [-0.1, -0.05) is 26.3 Å². The number of allylic oxidation sites excluding steroid dienone is 1. The fourth-order valence-corrected chi connectivity index (χ4v) is 4.08. The zero-order valence-corrected chi connectivity index (χ0v) is 11.1. The second-order valence-electron chi connectivity index (χ2n) is 6.28. The molecule has 0 bridgehead atoms. The summed E-state index contributed by atoms with van der Waals surface area (Å²) in [7, 11) is 2.19. The molecule has 2 nitrogen and oxygen atoms in total. The molecule has 0 aromatic heterocycles. The smallest absolute Gasteiger partial charge is 0.152 e. The van der Waals surface area contributed by atoms with E-state index in [1.54, 1.807) is 13.0 Å². The molecule has 1 saturated carbocycles. The van der Waals surface area contributed by atoms with Crippen molar-refractivity contribution < 1.29 is 4.79 Å². The van der Waals surface area contributed by atoms with Crippen LogP contribution in [0.25, 0.3) is 0 Å². The summed E-state index contributed by atoms with van der Waals surface area (Å²) in [5.74, 6) is 0.151. The molecule has 2 fully saturated rings. The van der Waals surface area contributed by atoms with Gasteiger partial charge in [-0.05, 0) is 45.2 Å². The molecule has 2 aliphatic rings. The van der Waals surface area contributed by atoms with Crippen LogP contribution in [-0.2, 0) is 4.79 Å². The molecule has 0 radical (unpaired) electrons. The zero-order chi connectivity index (χ0) is 12.2. The first-order valence-corrected chi connectivity index (χ1v) is 6.22. The molecule has 3 unspecified atom stereocenters. The SMILES string of the molecule is CC(=O)/C=C/C12N(C)C1(C)CCCC2(C)C. The van der Waals surface area contributed by atoms with Gasteiger partial charge < -0.3 is 0 Å². The molecule has 0 aromatic carbocycles. The molecular formula is C14H23NO. The maximum absolute atomic E-state index is 11.2. The van der Waals surface area contributed by atoms with Crippen molar-refractivity contribution in [3.8, 4) is 0 Å². The molecule has 0 spiro atoms. The third kappa shape index (κ3) is 1.20. The summed E-state index contributed by atoms with van der Waals surface area (Å²) in [6.07, 6.45) is 7.71. The van der Waals surface area contributed by atoms with E-state index in [4.69, 9.17) is 0 Å². The fraction of sp³-hybridized carbons (Fsp3) is 0.786. The van der Waals surface area contributed by atoms with E-state index >= 15 is 0 Å². The number of likely N-dealkylation sites (N-methyl/N-ethyl adjacent to an activating group) is 1. The Hall–Kier alpha value is -0.630. The Kier molecular flexibility index (Phi) is 2.36. The van der Waals surface area contributed by atoms with Gasteiger partial charge in [0.2, 0.25) is 0 Å². The van der Waals surface area contributed by atoms with Gasteiger partial charge in [-0.2, -0.15) is 0 Å². The maximum atomic E-state index is 11.2. The highest BCUT2D eigenvalue weighted by Gasteiger charge is 2.75. The first kappa shape index (κ1) is 11.8. The molecule has 1 aliphatic carbocycles. The van der Waals surface area contributed by atoms with Gasteiger partial charge in [0, 0.05) is 5.54 Å². The van der Waals surface area contributed by atoms with Gasteiger partial charge in [-0.3, -0.25) is 9.69 Å². The van der Waals surface area contributed by atoms with Gasteiger partial charge in [-0.15, -0.1) is 0 Å². The van der Waals surface area contributed by atoms with Gasteiger partial charge in [0.1, 0.15) is 0 Å². The summed E-state index contributed by atoms with van der Waals surface area (Å²) in [6, 6.07) is 0. The van der Waals surface area contributed by atoms with E-state index in [0.717, 1.165) is 0 Å². The molecule has 16 heavy (non-hydrogen) atoms. The molecule has 1 aliphatic heterocycles. The highest BCUT2D eigenvalue weighted by molar-refractivity contribution is 5.87. The Morgan fingerprint density at radius 3 is 2.38 bits per heavy atom. The van der Waals surface area contributed by atoms with E-state index in [9.17, 15) is 4.79 Å². The van der Waals surface area contributed by atoms with Crippen LogP contribution in [0.4, 0.5) is 0 Å². The average molecular weight is 221 g/mol. The number of carbonyl (C=O) groups excluding carboxylic acids is 1. The Morgan fingerprint density at radius 1 is 1.25 bits per heavy atom. The predicted octanol–water partition coefficient (Wildman–Crippen LogP) is 2.78. The van der Waals surface area contributed by atoms with Gasteiger partial charge in [0.05, 0.1) is 5.54 Å². The lowest BCUT2D eigenvalue weighted by atomic mass is 9.64. The third-order valence-electron chi connectivity index (χ3n) is 5.10. The minimum atomic E-state index is 0.101. The number of ketones is 1. The van der Waals surface area contributed by atoms with E-state index in [2.05, 4.69) is 38.8 Å². The van der Waals surface area contributed by atoms with E-state index in [1.807, 2.05) is 0 Å². The first-order chi connectivity index (χ1) is 7.28. The molecule has 2 heteroatoms. The fourth-order valence-electron chi connectivity index (χ4n) is 4.08. The van der Waals surface area contributed by atoms with Crippen molar-refractivity contribution in [2.75, 3.05) is 7.05 Å². The summed E-state index contributed by atoms with van der Waals surface area (Å²) in [4.78, 5) is 13.6. The number of rotatable bonds is 2. The summed E-state index contributed by atoms with van der Waals surface area (Å²) in [5, 5.41) is 0. The van der Waals surface area contributed by atoms with Crippen molar-refractivity contribution in [2.24, 2.45) is 5.41 Å². The molecule has 90 valence electrons. The Bertz CT molecular complexity index is 344.